The van der Waals surface area contributed by atoms with Crippen LogP contribution in [0.5, 0.6) is 0 Å². The molecule has 1 fully saturated rings. The Kier molecular flexibility index (Phi) is 4.06. The highest BCUT2D eigenvalue weighted by molar-refractivity contribution is 5.92. The molecule has 2 N–H and O–H groups in total. The van der Waals surface area contributed by atoms with Crippen LogP contribution in [0.4, 0.5) is 16.2 Å². The SMILES string of the molecule is Cc1cc(NC(=O)N2CCC[C@@H]2C(=O)O)ccc1[N+](=O)[O-]. The Labute approximate surface area is 120 Å². The summed E-state index contributed by atoms with van der Waals surface area (Å²) in [5, 5.41) is 22.3. The quantitative estimate of drug-likeness (QED) is 0.653. The third kappa shape index (κ3) is 3.10. The van der Waals surface area contributed by atoms with Crippen LogP contribution in [0.3, 0.4) is 0 Å². The molecule has 0 radical (unpaired) electrons. The zero-order valence-electron chi connectivity index (χ0n) is 11.4. The molecule has 1 saturated heterocycles. The van der Waals surface area contributed by atoms with E-state index in [1.165, 1.54) is 23.1 Å². The Hall–Kier alpha value is -2.64. The first-order chi connectivity index (χ1) is 9.90. The van der Waals surface area contributed by atoms with E-state index in [1.54, 1.807) is 6.92 Å². The fraction of sp³-hybridized carbons (Fsp3) is 0.385. The Morgan fingerprint density at radius 2 is 2.19 bits per heavy atom. The van der Waals surface area contributed by atoms with Crippen molar-refractivity contribution in [2.24, 2.45) is 0 Å². The van der Waals surface area contributed by atoms with Crippen LogP contribution < -0.4 is 5.32 Å². The molecule has 1 atom stereocenters. The number of likely N-dealkylation sites (tertiary alicyclic amines) is 1. The normalized spacial score (nSPS) is 17.6. The second kappa shape index (κ2) is 5.78. The first-order valence-electron chi connectivity index (χ1n) is 6.45. The average molecular weight is 293 g/mol. The van der Waals surface area contributed by atoms with E-state index in [1.807, 2.05) is 0 Å². The number of nitrogens with zero attached hydrogens (tertiary/aromatic N) is 2. The van der Waals surface area contributed by atoms with Crippen LogP contribution in [0.15, 0.2) is 18.2 Å². The number of amides is 2. The zero-order chi connectivity index (χ0) is 15.6. The average Bonchev–Trinajstić information content (AvgIpc) is 2.87. The predicted octanol–water partition coefficient (Wildman–Crippen LogP) is 1.98. The number of carbonyl (C=O) groups is 2. The molecule has 1 aromatic rings. The van der Waals surface area contributed by atoms with E-state index < -0.39 is 23.0 Å². The molecule has 1 aromatic carbocycles. The molecule has 0 saturated carbocycles. The van der Waals surface area contributed by atoms with E-state index in [2.05, 4.69) is 5.32 Å². The number of carbonyl (C=O) groups excluding carboxylic acids is 1. The van der Waals surface area contributed by atoms with Crippen molar-refractivity contribution >= 4 is 23.4 Å². The Bertz CT molecular complexity index is 601. The number of hydrogen-bond acceptors (Lipinski definition) is 4. The second-order valence-corrected chi connectivity index (χ2v) is 4.88. The molecule has 21 heavy (non-hydrogen) atoms. The van der Waals surface area contributed by atoms with Crippen molar-refractivity contribution < 1.29 is 19.6 Å². The van der Waals surface area contributed by atoms with Crippen LogP contribution in [-0.4, -0.2) is 39.5 Å². The topological polar surface area (TPSA) is 113 Å². The van der Waals surface area contributed by atoms with E-state index in [9.17, 15) is 19.7 Å². The molecule has 0 spiro atoms. The van der Waals surface area contributed by atoms with Crippen molar-refractivity contribution in [3.63, 3.8) is 0 Å². The van der Waals surface area contributed by atoms with Gasteiger partial charge in [0.1, 0.15) is 6.04 Å². The van der Waals surface area contributed by atoms with Crippen molar-refractivity contribution in [2.45, 2.75) is 25.8 Å². The maximum Gasteiger partial charge on any atom is 0.326 e. The summed E-state index contributed by atoms with van der Waals surface area (Å²) < 4.78 is 0. The van der Waals surface area contributed by atoms with Crippen molar-refractivity contribution in [3.8, 4) is 0 Å². The molecule has 8 nitrogen and oxygen atoms in total. The molecule has 2 amide bonds. The van der Waals surface area contributed by atoms with Gasteiger partial charge in [0.05, 0.1) is 4.92 Å². The molecule has 0 unspecified atom stereocenters. The maximum absolute atomic E-state index is 12.1. The molecule has 112 valence electrons. The molecule has 8 heteroatoms. The van der Waals surface area contributed by atoms with E-state index in [4.69, 9.17) is 5.11 Å². The van der Waals surface area contributed by atoms with Crippen molar-refractivity contribution in [3.05, 3.63) is 33.9 Å². The second-order valence-electron chi connectivity index (χ2n) is 4.88. The molecular formula is C13H15N3O5. The number of carboxylic acids is 1. The van der Waals surface area contributed by atoms with Gasteiger partial charge in [0, 0.05) is 23.9 Å². The van der Waals surface area contributed by atoms with Gasteiger partial charge in [-0.3, -0.25) is 10.1 Å². The molecule has 2 rings (SSSR count). The molecule has 0 aliphatic carbocycles. The Balaban J connectivity index is 2.11. The lowest BCUT2D eigenvalue weighted by Gasteiger charge is -2.21. The summed E-state index contributed by atoms with van der Waals surface area (Å²) in [6.07, 6.45) is 1.08. The largest absolute Gasteiger partial charge is 0.480 e. The number of nitro groups is 1. The minimum atomic E-state index is -1.03. The highest BCUT2D eigenvalue weighted by Crippen LogP contribution is 2.23. The summed E-state index contributed by atoms with van der Waals surface area (Å²) in [5.74, 6) is -1.03. The number of aliphatic carboxylic acids is 1. The third-order valence-corrected chi connectivity index (χ3v) is 3.44. The lowest BCUT2D eigenvalue weighted by molar-refractivity contribution is -0.385. The summed E-state index contributed by atoms with van der Waals surface area (Å²) in [7, 11) is 0. The minimum absolute atomic E-state index is 0.0300. The smallest absolute Gasteiger partial charge is 0.326 e. The Morgan fingerprint density at radius 1 is 1.48 bits per heavy atom. The fourth-order valence-electron chi connectivity index (χ4n) is 2.40. The number of anilines is 1. The molecule has 1 heterocycles. The summed E-state index contributed by atoms with van der Waals surface area (Å²) in [6, 6.07) is 2.90. The number of nitro benzene ring substituents is 1. The van der Waals surface area contributed by atoms with Crippen LogP contribution in [0.25, 0.3) is 0 Å². The van der Waals surface area contributed by atoms with Gasteiger partial charge in [0.2, 0.25) is 0 Å². The lowest BCUT2D eigenvalue weighted by atomic mass is 10.2. The van der Waals surface area contributed by atoms with Crippen LogP contribution in [0, 0.1) is 17.0 Å². The van der Waals surface area contributed by atoms with E-state index in [0.717, 1.165) is 0 Å². The van der Waals surface area contributed by atoms with Crippen LogP contribution in [-0.2, 0) is 4.79 Å². The van der Waals surface area contributed by atoms with Crippen LogP contribution in [0.1, 0.15) is 18.4 Å². The molecular weight excluding hydrogens is 278 g/mol. The van der Waals surface area contributed by atoms with Crippen LogP contribution >= 0.6 is 0 Å². The first-order valence-corrected chi connectivity index (χ1v) is 6.45. The van der Waals surface area contributed by atoms with E-state index in [0.29, 0.717) is 30.6 Å². The number of carboxylic acid groups (broad SMARTS) is 1. The van der Waals surface area contributed by atoms with Gasteiger partial charge < -0.3 is 15.3 Å². The number of aryl methyl sites for hydroxylation is 1. The van der Waals surface area contributed by atoms with Crippen molar-refractivity contribution in [2.75, 3.05) is 11.9 Å². The number of rotatable bonds is 3. The zero-order valence-corrected chi connectivity index (χ0v) is 11.4. The van der Waals surface area contributed by atoms with Crippen molar-refractivity contribution in [1.82, 2.24) is 4.90 Å². The first kappa shape index (κ1) is 14.8. The van der Waals surface area contributed by atoms with E-state index >= 15 is 0 Å². The summed E-state index contributed by atoms with van der Waals surface area (Å²) in [6.45, 7) is 1.96. The maximum atomic E-state index is 12.1. The Morgan fingerprint density at radius 3 is 2.76 bits per heavy atom. The molecule has 0 bridgehead atoms. The minimum Gasteiger partial charge on any atom is -0.480 e. The van der Waals surface area contributed by atoms with Gasteiger partial charge in [-0.15, -0.1) is 0 Å². The fourth-order valence-corrected chi connectivity index (χ4v) is 2.40. The number of urea groups is 1. The molecule has 1 aliphatic rings. The highest BCUT2D eigenvalue weighted by atomic mass is 16.6. The number of hydrogen-bond donors (Lipinski definition) is 2. The third-order valence-electron chi connectivity index (χ3n) is 3.44. The van der Waals surface area contributed by atoms with Gasteiger partial charge in [-0.1, -0.05) is 0 Å². The summed E-state index contributed by atoms with van der Waals surface area (Å²) in [4.78, 5) is 34.6. The van der Waals surface area contributed by atoms with Gasteiger partial charge >= 0.3 is 12.0 Å². The lowest BCUT2D eigenvalue weighted by Crippen LogP contribution is -2.42. The number of benzene rings is 1. The monoisotopic (exact) mass is 293 g/mol. The number of nitrogens with one attached hydrogen (secondary N) is 1. The van der Waals surface area contributed by atoms with Crippen molar-refractivity contribution in [1.29, 1.82) is 0 Å². The molecule has 0 aromatic heterocycles. The van der Waals surface area contributed by atoms with Gasteiger partial charge in [0.25, 0.3) is 5.69 Å². The van der Waals surface area contributed by atoms with Gasteiger partial charge in [0.15, 0.2) is 0 Å². The summed E-state index contributed by atoms with van der Waals surface area (Å²) >= 11 is 0. The van der Waals surface area contributed by atoms with Gasteiger partial charge in [-0.2, -0.15) is 0 Å². The molecule has 1 aliphatic heterocycles. The predicted molar refractivity (Wildman–Crippen MR) is 74.2 cm³/mol. The van der Waals surface area contributed by atoms with E-state index in [-0.39, 0.29) is 5.69 Å². The van der Waals surface area contributed by atoms with Crippen LogP contribution in [0.2, 0.25) is 0 Å². The van der Waals surface area contributed by atoms with Gasteiger partial charge in [-0.05, 0) is 31.9 Å². The van der Waals surface area contributed by atoms with Gasteiger partial charge in [-0.25, -0.2) is 9.59 Å². The highest BCUT2D eigenvalue weighted by Gasteiger charge is 2.34. The standard InChI is InChI=1S/C13H15N3O5/c1-8-7-9(4-5-10(8)16(20)21)14-13(19)15-6-2-3-11(15)12(17)18/h4-5,7,11H,2-3,6H2,1H3,(H,14,19)(H,17,18)/t11-/m1/s1. The summed E-state index contributed by atoms with van der Waals surface area (Å²) in [5.41, 5.74) is 0.797.